The van der Waals surface area contributed by atoms with Crippen LogP contribution in [0.4, 0.5) is 13.2 Å². The van der Waals surface area contributed by atoms with Crippen molar-refractivity contribution >= 4 is 43.5 Å². The van der Waals surface area contributed by atoms with E-state index in [-0.39, 0.29) is 26.2 Å². The van der Waals surface area contributed by atoms with E-state index in [1.54, 1.807) is 24.3 Å². The lowest BCUT2D eigenvalue weighted by molar-refractivity contribution is -0.143. The van der Waals surface area contributed by atoms with Gasteiger partial charge < -0.3 is 4.57 Å². The maximum Gasteiger partial charge on any atom is 0.432 e. The van der Waals surface area contributed by atoms with Crippen LogP contribution in [-0.2, 0) is 11.6 Å². The quantitative estimate of drug-likeness (QED) is 0.540. The van der Waals surface area contributed by atoms with E-state index in [1.165, 1.54) is 0 Å². The van der Waals surface area contributed by atoms with Gasteiger partial charge in [0, 0.05) is 10.6 Å². The number of benzene rings is 1. The van der Waals surface area contributed by atoms with Gasteiger partial charge in [-0.05, 0) is 22.0 Å². The van der Waals surface area contributed by atoms with E-state index in [0.717, 1.165) is 4.57 Å². The Morgan fingerprint density at radius 2 is 1.90 bits per heavy atom. The predicted molar refractivity (Wildman–Crippen MR) is 81.2 cm³/mol. The molecule has 0 aliphatic carbocycles. The highest BCUT2D eigenvalue weighted by molar-refractivity contribution is 9.10. The summed E-state index contributed by atoms with van der Waals surface area (Å²) < 4.78 is 40.4. The second-order valence-electron chi connectivity index (χ2n) is 4.02. The molecule has 2 rings (SSSR count). The molecule has 0 amide bonds. The first kappa shape index (κ1) is 16.4. The summed E-state index contributed by atoms with van der Waals surface area (Å²) >= 11 is 12.0. The second kappa shape index (κ2) is 6.03. The van der Waals surface area contributed by atoms with Crippen molar-refractivity contribution in [1.29, 1.82) is 5.26 Å². The molecule has 0 saturated carbocycles. The summed E-state index contributed by atoms with van der Waals surface area (Å²) in [6, 6.07) is 8.26. The van der Waals surface area contributed by atoms with Crippen molar-refractivity contribution in [2.75, 3.05) is 0 Å². The lowest BCUT2D eigenvalue weighted by Gasteiger charge is -2.13. The van der Waals surface area contributed by atoms with Crippen molar-refractivity contribution in [3.63, 3.8) is 0 Å². The van der Waals surface area contributed by atoms with E-state index in [4.69, 9.17) is 11.6 Å². The van der Waals surface area contributed by atoms with Crippen molar-refractivity contribution in [2.45, 2.75) is 11.6 Å². The standard InChI is InChI=1S/C13H6Br2ClF3N2/c14-6-21-11(7-3-1-2-4-9(7)16)8(5-20)10(15)12(21)13(17,18)19/h1-4H,6H2. The lowest BCUT2D eigenvalue weighted by atomic mass is 10.1. The Morgan fingerprint density at radius 1 is 1.29 bits per heavy atom. The Labute approximate surface area is 140 Å². The van der Waals surface area contributed by atoms with Crippen LogP contribution >= 0.6 is 43.5 Å². The number of hydrogen-bond donors (Lipinski definition) is 0. The molecule has 1 heterocycles. The zero-order valence-electron chi connectivity index (χ0n) is 10.2. The van der Waals surface area contributed by atoms with Crippen molar-refractivity contribution in [2.24, 2.45) is 0 Å². The summed E-state index contributed by atoms with van der Waals surface area (Å²) in [4.78, 5) is 0. The van der Waals surface area contributed by atoms with Gasteiger partial charge in [-0.3, -0.25) is 0 Å². The Morgan fingerprint density at radius 3 is 2.38 bits per heavy atom. The van der Waals surface area contributed by atoms with Gasteiger partial charge in [0.2, 0.25) is 0 Å². The van der Waals surface area contributed by atoms with E-state index >= 15 is 0 Å². The maximum absolute atomic E-state index is 13.2. The Hall–Kier alpha value is -0.970. The Balaban J connectivity index is 2.91. The number of hydrogen-bond acceptors (Lipinski definition) is 1. The summed E-state index contributed by atoms with van der Waals surface area (Å²) in [7, 11) is 0. The van der Waals surface area contributed by atoms with Gasteiger partial charge in [-0.15, -0.1) is 0 Å². The molecule has 0 N–H and O–H groups in total. The van der Waals surface area contributed by atoms with Crippen molar-refractivity contribution in [3.05, 3.63) is 45.0 Å². The lowest BCUT2D eigenvalue weighted by Crippen LogP contribution is -2.13. The molecular weight excluding hydrogens is 436 g/mol. The monoisotopic (exact) mass is 440 g/mol. The summed E-state index contributed by atoms with van der Waals surface area (Å²) in [6.07, 6.45) is -4.60. The molecule has 0 saturated heterocycles. The first-order chi connectivity index (χ1) is 9.82. The largest absolute Gasteiger partial charge is 0.432 e. The van der Waals surface area contributed by atoms with E-state index in [1.807, 2.05) is 6.07 Å². The van der Waals surface area contributed by atoms with Crippen LogP contribution in [0.25, 0.3) is 11.3 Å². The molecule has 0 aliphatic heterocycles. The van der Waals surface area contributed by atoms with Crippen LogP contribution < -0.4 is 0 Å². The highest BCUT2D eigenvalue weighted by Gasteiger charge is 2.40. The van der Waals surface area contributed by atoms with Crippen LogP contribution in [0.15, 0.2) is 28.7 Å². The first-order valence-corrected chi connectivity index (χ1v) is 7.82. The molecular formula is C13H6Br2ClF3N2. The smallest absolute Gasteiger partial charge is 0.324 e. The van der Waals surface area contributed by atoms with Gasteiger partial charge in [0.25, 0.3) is 0 Å². The zero-order chi connectivity index (χ0) is 15.8. The Bertz CT molecular complexity index is 732. The molecule has 2 nitrogen and oxygen atoms in total. The minimum absolute atomic E-state index is 0.102. The fourth-order valence-electron chi connectivity index (χ4n) is 2.02. The summed E-state index contributed by atoms with van der Waals surface area (Å²) in [5, 5.41) is 9.50. The fourth-order valence-corrected chi connectivity index (χ4v) is 3.46. The van der Waals surface area contributed by atoms with Crippen molar-refractivity contribution < 1.29 is 13.2 Å². The van der Waals surface area contributed by atoms with Gasteiger partial charge in [0.05, 0.1) is 21.2 Å². The molecule has 21 heavy (non-hydrogen) atoms. The molecule has 1 aromatic heterocycles. The van der Waals surface area contributed by atoms with Crippen LogP contribution in [0.1, 0.15) is 11.3 Å². The van der Waals surface area contributed by atoms with Gasteiger partial charge in [-0.25, -0.2) is 0 Å². The third-order valence-electron chi connectivity index (χ3n) is 2.83. The number of rotatable bonds is 2. The third kappa shape index (κ3) is 2.85. The van der Waals surface area contributed by atoms with Crippen LogP contribution in [0, 0.1) is 11.3 Å². The van der Waals surface area contributed by atoms with Crippen molar-refractivity contribution in [3.8, 4) is 17.3 Å². The minimum atomic E-state index is -4.60. The molecule has 0 unspecified atom stereocenters. The second-order valence-corrected chi connectivity index (χ2v) is 5.72. The number of alkyl halides is 4. The topological polar surface area (TPSA) is 28.7 Å². The van der Waals surface area contributed by atoms with Gasteiger partial charge >= 0.3 is 6.18 Å². The van der Waals surface area contributed by atoms with Crippen molar-refractivity contribution in [1.82, 2.24) is 4.57 Å². The molecule has 0 radical (unpaired) electrons. The SMILES string of the molecule is N#Cc1c(Br)c(C(F)(F)F)n(CBr)c1-c1ccccc1Cl. The normalized spacial score (nSPS) is 11.5. The van der Waals surface area contributed by atoms with Gasteiger partial charge in [0.15, 0.2) is 0 Å². The highest BCUT2D eigenvalue weighted by atomic mass is 79.9. The fraction of sp³-hybridized carbons (Fsp3) is 0.154. The number of halogens is 6. The van der Waals surface area contributed by atoms with E-state index in [0.29, 0.717) is 5.56 Å². The number of nitriles is 1. The van der Waals surface area contributed by atoms with Gasteiger partial charge in [0.1, 0.15) is 11.8 Å². The first-order valence-electron chi connectivity index (χ1n) is 5.53. The zero-order valence-corrected chi connectivity index (χ0v) is 14.1. The molecule has 0 spiro atoms. The predicted octanol–water partition coefficient (Wildman–Crippen LogP) is 5.81. The summed E-state index contributed by atoms with van der Waals surface area (Å²) in [5.41, 5.74) is -0.658. The van der Waals surface area contributed by atoms with Crippen LogP contribution in [0.5, 0.6) is 0 Å². The van der Waals surface area contributed by atoms with E-state index in [2.05, 4.69) is 31.9 Å². The summed E-state index contributed by atoms with van der Waals surface area (Å²) in [6.45, 7) is 0. The van der Waals surface area contributed by atoms with Crippen LogP contribution in [-0.4, -0.2) is 4.57 Å². The van der Waals surface area contributed by atoms with E-state index in [9.17, 15) is 18.4 Å². The maximum atomic E-state index is 13.2. The average Bonchev–Trinajstić information content (AvgIpc) is 2.70. The average molecular weight is 442 g/mol. The summed E-state index contributed by atoms with van der Waals surface area (Å²) in [5.74, 6) is 0. The molecule has 1 aromatic carbocycles. The molecule has 0 atom stereocenters. The van der Waals surface area contributed by atoms with Gasteiger partial charge in [-0.2, -0.15) is 18.4 Å². The molecule has 0 aliphatic rings. The molecule has 2 aromatic rings. The third-order valence-corrected chi connectivity index (χ3v) is 4.44. The molecule has 0 bridgehead atoms. The highest BCUT2D eigenvalue weighted by Crippen LogP contribution is 2.44. The number of nitrogens with zero attached hydrogens (tertiary/aromatic N) is 2. The minimum Gasteiger partial charge on any atom is -0.324 e. The van der Waals surface area contributed by atoms with Crippen LogP contribution in [0.2, 0.25) is 5.02 Å². The molecule has 110 valence electrons. The molecule has 8 heteroatoms. The molecule has 0 fully saturated rings. The number of aromatic nitrogens is 1. The Kier molecular flexibility index (Phi) is 4.71. The van der Waals surface area contributed by atoms with Gasteiger partial charge in [-0.1, -0.05) is 45.7 Å². The van der Waals surface area contributed by atoms with E-state index < -0.39 is 11.9 Å². The van der Waals surface area contributed by atoms with Crippen LogP contribution in [0.3, 0.4) is 0 Å².